The van der Waals surface area contributed by atoms with Gasteiger partial charge in [0.1, 0.15) is 6.33 Å². The summed E-state index contributed by atoms with van der Waals surface area (Å²) in [6, 6.07) is 0. The van der Waals surface area contributed by atoms with Gasteiger partial charge in [0.25, 0.3) is 0 Å². The molecule has 1 heterocycles. The van der Waals surface area contributed by atoms with Crippen LogP contribution in [0, 0.1) is 0 Å². The smallest absolute Gasteiger partial charge is 0.303 e. The van der Waals surface area contributed by atoms with Crippen LogP contribution >= 0.6 is 0 Å². The number of aromatic nitrogens is 2. The van der Waals surface area contributed by atoms with E-state index in [4.69, 9.17) is 10.2 Å². The maximum atomic E-state index is 10.5. The van der Waals surface area contributed by atoms with Crippen molar-refractivity contribution in [3.05, 3.63) is 24.3 Å². The van der Waals surface area contributed by atoms with Crippen LogP contribution in [0.1, 0.15) is 24.3 Å². The lowest BCUT2D eigenvalue weighted by atomic mass is 9.95. The molecule has 0 radical (unpaired) electrons. The Morgan fingerprint density at radius 2 is 1.60 bits per heavy atom. The van der Waals surface area contributed by atoms with Crippen molar-refractivity contribution >= 4 is 11.9 Å². The van der Waals surface area contributed by atoms with E-state index in [-0.39, 0.29) is 12.8 Å². The van der Waals surface area contributed by atoms with Crippen LogP contribution in [0.5, 0.6) is 0 Å². The van der Waals surface area contributed by atoms with Crippen molar-refractivity contribution in [1.29, 1.82) is 0 Å². The molecule has 0 saturated heterocycles. The van der Waals surface area contributed by atoms with Gasteiger partial charge in [0, 0.05) is 18.3 Å². The van der Waals surface area contributed by atoms with Gasteiger partial charge in [-0.05, 0) is 5.56 Å². The van der Waals surface area contributed by atoms with E-state index in [1.165, 1.54) is 18.7 Å². The summed E-state index contributed by atoms with van der Waals surface area (Å²) >= 11 is 0. The summed E-state index contributed by atoms with van der Waals surface area (Å²) in [4.78, 5) is 28.5. The van der Waals surface area contributed by atoms with E-state index in [0.29, 0.717) is 5.56 Å². The van der Waals surface area contributed by atoms with Crippen molar-refractivity contribution in [2.45, 2.75) is 18.8 Å². The summed E-state index contributed by atoms with van der Waals surface area (Å²) in [6.07, 6.45) is 3.70. The molecule has 1 aromatic heterocycles. The first-order valence-electron chi connectivity index (χ1n) is 4.28. The third-order valence-electron chi connectivity index (χ3n) is 1.89. The van der Waals surface area contributed by atoms with E-state index in [0.717, 1.165) is 0 Å². The molecule has 0 aromatic carbocycles. The average molecular weight is 210 g/mol. The third kappa shape index (κ3) is 3.72. The number of carbonyl (C=O) groups is 2. The molecule has 0 spiro atoms. The standard InChI is InChI=1S/C9H10N2O4/c12-8(13)1-6(2-9(14)15)7-3-10-5-11-4-7/h3-6H,1-2H2,(H,12,13)(H,14,15). The van der Waals surface area contributed by atoms with E-state index >= 15 is 0 Å². The van der Waals surface area contributed by atoms with E-state index < -0.39 is 17.9 Å². The Labute approximate surface area is 85.6 Å². The zero-order chi connectivity index (χ0) is 11.3. The molecule has 1 rings (SSSR count). The zero-order valence-electron chi connectivity index (χ0n) is 7.83. The Morgan fingerprint density at radius 3 is 2.00 bits per heavy atom. The summed E-state index contributed by atoms with van der Waals surface area (Å²) in [5.74, 6) is -2.66. The van der Waals surface area contributed by atoms with Gasteiger partial charge in [0.05, 0.1) is 12.8 Å². The van der Waals surface area contributed by atoms with Crippen molar-refractivity contribution in [3.63, 3.8) is 0 Å². The van der Waals surface area contributed by atoms with Crippen LogP contribution < -0.4 is 0 Å². The van der Waals surface area contributed by atoms with Gasteiger partial charge in [-0.3, -0.25) is 9.59 Å². The van der Waals surface area contributed by atoms with Crippen LogP contribution in [-0.4, -0.2) is 32.1 Å². The number of nitrogens with zero attached hydrogens (tertiary/aromatic N) is 2. The molecule has 1 aromatic rings. The Hall–Kier alpha value is -1.98. The summed E-state index contributed by atoms with van der Waals surface area (Å²) in [6.45, 7) is 0. The predicted molar refractivity (Wildman–Crippen MR) is 49.3 cm³/mol. The molecule has 0 fully saturated rings. The number of hydrogen-bond donors (Lipinski definition) is 2. The van der Waals surface area contributed by atoms with Crippen molar-refractivity contribution in [1.82, 2.24) is 9.97 Å². The highest BCUT2D eigenvalue weighted by Crippen LogP contribution is 2.21. The lowest BCUT2D eigenvalue weighted by molar-refractivity contribution is -0.139. The van der Waals surface area contributed by atoms with Gasteiger partial charge >= 0.3 is 11.9 Å². The van der Waals surface area contributed by atoms with Crippen LogP contribution in [0.3, 0.4) is 0 Å². The molecule has 0 atom stereocenters. The number of carboxylic acid groups (broad SMARTS) is 2. The molecule has 0 saturated carbocycles. The molecule has 6 heteroatoms. The summed E-state index contributed by atoms with van der Waals surface area (Å²) < 4.78 is 0. The minimum Gasteiger partial charge on any atom is -0.481 e. The second kappa shape index (κ2) is 5.04. The quantitative estimate of drug-likeness (QED) is 0.734. The highest BCUT2D eigenvalue weighted by Gasteiger charge is 2.19. The number of carboxylic acids is 2. The fraction of sp³-hybridized carbons (Fsp3) is 0.333. The van der Waals surface area contributed by atoms with Gasteiger partial charge in [-0.25, -0.2) is 9.97 Å². The van der Waals surface area contributed by atoms with Gasteiger partial charge in [-0.1, -0.05) is 0 Å². The SMILES string of the molecule is O=C(O)CC(CC(=O)O)c1cncnc1. The first-order chi connectivity index (χ1) is 7.09. The largest absolute Gasteiger partial charge is 0.481 e. The number of aliphatic carboxylic acids is 2. The minimum absolute atomic E-state index is 0.236. The lowest BCUT2D eigenvalue weighted by Crippen LogP contribution is -2.11. The highest BCUT2D eigenvalue weighted by atomic mass is 16.4. The van der Waals surface area contributed by atoms with Crippen LogP contribution in [0.2, 0.25) is 0 Å². The fourth-order valence-electron chi connectivity index (χ4n) is 1.25. The molecule has 80 valence electrons. The zero-order valence-corrected chi connectivity index (χ0v) is 7.83. The van der Waals surface area contributed by atoms with Gasteiger partial charge in [-0.2, -0.15) is 0 Å². The molecular weight excluding hydrogens is 200 g/mol. The van der Waals surface area contributed by atoms with Gasteiger partial charge in [-0.15, -0.1) is 0 Å². The van der Waals surface area contributed by atoms with E-state index in [1.807, 2.05) is 0 Å². The summed E-state index contributed by atoms with van der Waals surface area (Å²) in [7, 11) is 0. The Morgan fingerprint density at radius 1 is 1.13 bits per heavy atom. The van der Waals surface area contributed by atoms with Crippen LogP contribution in [0.25, 0.3) is 0 Å². The molecule has 0 aliphatic heterocycles. The molecule has 0 unspecified atom stereocenters. The second-order valence-corrected chi connectivity index (χ2v) is 3.06. The number of hydrogen-bond acceptors (Lipinski definition) is 4. The molecular formula is C9H10N2O4. The predicted octanol–water partition coefficient (Wildman–Crippen LogP) is 0.510. The molecule has 0 amide bonds. The topological polar surface area (TPSA) is 100 Å². The van der Waals surface area contributed by atoms with Gasteiger partial charge < -0.3 is 10.2 Å². The van der Waals surface area contributed by atoms with Gasteiger partial charge in [0.15, 0.2) is 0 Å². The first-order valence-corrected chi connectivity index (χ1v) is 4.28. The molecule has 0 aliphatic rings. The number of rotatable bonds is 5. The average Bonchev–Trinajstić information content (AvgIpc) is 2.17. The van der Waals surface area contributed by atoms with Crippen LogP contribution in [0.4, 0.5) is 0 Å². The van der Waals surface area contributed by atoms with Crippen molar-refractivity contribution in [2.75, 3.05) is 0 Å². The Bertz CT molecular complexity index is 336. The van der Waals surface area contributed by atoms with Crippen LogP contribution in [-0.2, 0) is 9.59 Å². The van der Waals surface area contributed by atoms with Crippen molar-refractivity contribution in [3.8, 4) is 0 Å². The monoisotopic (exact) mass is 210 g/mol. The molecule has 0 bridgehead atoms. The summed E-state index contributed by atoms with van der Waals surface area (Å²) in [5, 5.41) is 17.2. The van der Waals surface area contributed by atoms with Crippen molar-refractivity contribution in [2.24, 2.45) is 0 Å². The molecule has 2 N–H and O–H groups in total. The highest BCUT2D eigenvalue weighted by molar-refractivity contribution is 5.72. The lowest BCUT2D eigenvalue weighted by Gasteiger charge is -2.11. The van der Waals surface area contributed by atoms with Gasteiger partial charge in [0.2, 0.25) is 0 Å². The van der Waals surface area contributed by atoms with E-state index in [1.54, 1.807) is 0 Å². The second-order valence-electron chi connectivity index (χ2n) is 3.06. The third-order valence-corrected chi connectivity index (χ3v) is 1.89. The maximum Gasteiger partial charge on any atom is 0.303 e. The van der Waals surface area contributed by atoms with Crippen LogP contribution in [0.15, 0.2) is 18.7 Å². The Balaban J connectivity index is 2.81. The molecule has 0 aliphatic carbocycles. The fourth-order valence-corrected chi connectivity index (χ4v) is 1.25. The maximum absolute atomic E-state index is 10.5. The van der Waals surface area contributed by atoms with Crippen molar-refractivity contribution < 1.29 is 19.8 Å². The summed E-state index contributed by atoms with van der Waals surface area (Å²) in [5.41, 5.74) is 0.530. The van der Waals surface area contributed by atoms with E-state index in [9.17, 15) is 9.59 Å². The van der Waals surface area contributed by atoms with E-state index in [2.05, 4.69) is 9.97 Å². The minimum atomic E-state index is -1.04. The molecule has 6 nitrogen and oxygen atoms in total. The first kappa shape index (κ1) is 11.1. The Kier molecular flexibility index (Phi) is 3.73. The normalized spacial score (nSPS) is 10.2. The molecule has 15 heavy (non-hydrogen) atoms.